The largest absolute Gasteiger partial charge is 0.295 e. The third-order valence-electron chi connectivity index (χ3n) is 1.27. The van der Waals surface area contributed by atoms with Gasteiger partial charge in [0.25, 0.3) is 5.69 Å². The SMILES string of the molecule is CO[n+]1ccc([N+](=O)[O-])c(Br)c1. The molecule has 0 aromatic carbocycles. The average molecular weight is 234 g/mol. The third-order valence-corrected chi connectivity index (χ3v) is 1.88. The predicted octanol–water partition coefficient (Wildman–Crippen LogP) is 0.703. The number of halogens is 1. The van der Waals surface area contributed by atoms with Gasteiger partial charge in [0.1, 0.15) is 7.11 Å². The quantitative estimate of drug-likeness (QED) is 0.430. The van der Waals surface area contributed by atoms with Crippen molar-refractivity contribution in [1.82, 2.24) is 0 Å². The van der Waals surface area contributed by atoms with Crippen LogP contribution >= 0.6 is 15.9 Å². The van der Waals surface area contributed by atoms with E-state index in [9.17, 15) is 10.1 Å². The van der Waals surface area contributed by atoms with E-state index in [2.05, 4.69) is 15.9 Å². The summed E-state index contributed by atoms with van der Waals surface area (Å²) in [4.78, 5) is 14.7. The lowest BCUT2D eigenvalue weighted by Gasteiger charge is -1.92. The fourth-order valence-corrected chi connectivity index (χ4v) is 1.18. The Morgan fingerprint density at radius 1 is 1.75 bits per heavy atom. The van der Waals surface area contributed by atoms with Gasteiger partial charge in [-0.3, -0.25) is 15.0 Å². The first-order valence-electron chi connectivity index (χ1n) is 3.05. The average Bonchev–Trinajstić information content (AvgIpc) is 2.03. The maximum Gasteiger partial charge on any atom is 0.295 e. The molecule has 0 unspecified atom stereocenters. The van der Waals surface area contributed by atoms with Gasteiger partial charge in [-0.25, -0.2) is 0 Å². The second-order valence-corrected chi connectivity index (χ2v) is 2.83. The van der Waals surface area contributed by atoms with Crippen LogP contribution in [0.3, 0.4) is 0 Å². The van der Waals surface area contributed by atoms with Crippen molar-refractivity contribution in [1.29, 1.82) is 0 Å². The molecular weight excluding hydrogens is 228 g/mol. The van der Waals surface area contributed by atoms with Crippen LogP contribution < -0.4 is 9.57 Å². The van der Waals surface area contributed by atoms with E-state index in [-0.39, 0.29) is 5.69 Å². The van der Waals surface area contributed by atoms with Gasteiger partial charge < -0.3 is 0 Å². The monoisotopic (exact) mass is 233 g/mol. The molecule has 5 nitrogen and oxygen atoms in total. The Bertz CT molecular complexity index is 316. The van der Waals surface area contributed by atoms with Gasteiger partial charge in [0.05, 0.1) is 11.0 Å². The number of rotatable bonds is 2. The van der Waals surface area contributed by atoms with Gasteiger partial charge in [-0.1, -0.05) is 0 Å². The highest BCUT2D eigenvalue weighted by molar-refractivity contribution is 9.10. The first-order chi connectivity index (χ1) is 5.65. The van der Waals surface area contributed by atoms with Gasteiger partial charge >= 0.3 is 0 Å². The molecule has 0 atom stereocenters. The van der Waals surface area contributed by atoms with Crippen molar-refractivity contribution in [3.63, 3.8) is 0 Å². The highest BCUT2D eigenvalue weighted by Gasteiger charge is 2.16. The van der Waals surface area contributed by atoms with Gasteiger partial charge in [0, 0.05) is 4.73 Å². The number of nitro groups is 1. The van der Waals surface area contributed by atoms with E-state index in [0.29, 0.717) is 4.47 Å². The molecule has 0 aliphatic carbocycles. The number of nitrogens with zero attached hydrogens (tertiary/aromatic N) is 2. The molecule has 0 aliphatic rings. The maximum absolute atomic E-state index is 10.3. The molecule has 6 heteroatoms. The van der Waals surface area contributed by atoms with Crippen LogP contribution in [-0.2, 0) is 0 Å². The Labute approximate surface area is 76.8 Å². The first kappa shape index (κ1) is 8.92. The Balaban J connectivity index is 3.12. The lowest BCUT2D eigenvalue weighted by atomic mass is 10.4. The summed E-state index contributed by atoms with van der Waals surface area (Å²) in [6, 6.07) is 1.35. The molecule has 64 valence electrons. The predicted molar refractivity (Wildman–Crippen MR) is 43.5 cm³/mol. The van der Waals surface area contributed by atoms with Crippen molar-refractivity contribution in [2.45, 2.75) is 0 Å². The Hall–Kier alpha value is -1.17. The maximum atomic E-state index is 10.3. The van der Waals surface area contributed by atoms with E-state index < -0.39 is 4.92 Å². The van der Waals surface area contributed by atoms with Crippen LogP contribution in [0.1, 0.15) is 0 Å². The Morgan fingerprint density at radius 2 is 2.42 bits per heavy atom. The molecule has 0 radical (unpaired) electrons. The molecule has 0 amide bonds. The highest BCUT2D eigenvalue weighted by Crippen LogP contribution is 2.20. The molecule has 1 rings (SSSR count). The second-order valence-electron chi connectivity index (χ2n) is 1.98. The van der Waals surface area contributed by atoms with E-state index >= 15 is 0 Å². The minimum atomic E-state index is -0.468. The number of aromatic nitrogens is 1. The fourth-order valence-electron chi connectivity index (χ4n) is 0.706. The normalized spacial score (nSPS) is 9.50. The number of hydrogen-bond donors (Lipinski definition) is 0. The smallest absolute Gasteiger partial charge is 0.275 e. The molecule has 12 heavy (non-hydrogen) atoms. The second kappa shape index (κ2) is 3.48. The summed E-state index contributed by atoms with van der Waals surface area (Å²) in [7, 11) is 1.47. The summed E-state index contributed by atoms with van der Waals surface area (Å²) in [5.41, 5.74) is 0.0169. The molecule has 1 aromatic heterocycles. The zero-order valence-electron chi connectivity index (χ0n) is 6.23. The lowest BCUT2D eigenvalue weighted by Crippen LogP contribution is -2.39. The van der Waals surface area contributed by atoms with Crippen molar-refractivity contribution < 1.29 is 14.5 Å². The Kier molecular flexibility index (Phi) is 2.59. The van der Waals surface area contributed by atoms with Crippen molar-refractivity contribution >= 4 is 21.6 Å². The minimum absolute atomic E-state index is 0.0169. The molecule has 1 aromatic rings. The summed E-state index contributed by atoms with van der Waals surface area (Å²) in [6.07, 6.45) is 2.93. The summed E-state index contributed by atoms with van der Waals surface area (Å²) < 4.78 is 1.74. The van der Waals surface area contributed by atoms with E-state index in [4.69, 9.17) is 4.84 Å². The molecule has 0 N–H and O–H groups in total. The highest BCUT2D eigenvalue weighted by atomic mass is 79.9. The minimum Gasteiger partial charge on any atom is -0.275 e. The number of hydrogen-bond acceptors (Lipinski definition) is 3. The third kappa shape index (κ3) is 1.70. The molecule has 0 saturated heterocycles. The molecular formula is C6H6BrN2O3+. The van der Waals surface area contributed by atoms with Crippen molar-refractivity contribution in [3.05, 3.63) is 33.0 Å². The molecule has 0 bridgehead atoms. The van der Waals surface area contributed by atoms with Crippen LogP contribution in [0.4, 0.5) is 5.69 Å². The summed E-state index contributed by atoms with van der Waals surface area (Å²) in [6.45, 7) is 0. The van der Waals surface area contributed by atoms with Crippen LogP contribution in [0.15, 0.2) is 22.9 Å². The van der Waals surface area contributed by atoms with E-state index in [1.165, 1.54) is 30.3 Å². The van der Waals surface area contributed by atoms with Crippen molar-refractivity contribution in [2.24, 2.45) is 0 Å². The van der Waals surface area contributed by atoms with Gasteiger partial charge in [-0.15, -0.1) is 0 Å². The van der Waals surface area contributed by atoms with Crippen LogP contribution in [0.25, 0.3) is 0 Å². The molecule has 0 aliphatic heterocycles. The van der Waals surface area contributed by atoms with Gasteiger partial charge in [0.15, 0.2) is 4.47 Å². The molecule has 1 heterocycles. The van der Waals surface area contributed by atoms with Gasteiger partial charge in [-0.2, -0.15) is 0 Å². The molecule has 0 fully saturated rings. The van der Waals surface area contributed by atoms with Crippen LogP contribution in [-0.4, -0.2) is 12.0 Å². The summed E-state index contributed by atoms with van der Waals surface area (Å²) in [5.74, 6) is 0. The summed E-state index contributed by atoms with van der Waals surface area (Å²) in [5, 5.41) is 10.3. The molecule has 0 spiro atoms. The lowest BCUT2D eigenvalue weighted by molar-refractivity contribution is -0.886. The summed E-state index contributed by atoms with van der Waals surface area (Å²) >= 11 is 3.05. The standard InChI is InChI=1S/C6H6BrN2O3/c1-12-8-3-2-6(9(10)11)5(7)4-8/h2-4H,1H3/q+1. The zero-order chi connectivity index (χ0) is 9.14. The first-order valence-corrected chi connectivity index (χ1v) is 3.84. The number of pyridine rings is 1. The zero-order valence-corrected chi connectivity index (χ0v) is 7.82. The van der Waals surface area contributed by atoms with E-state index in [1.807, 2.05) is 0 Å². The van der Waals surface area contributed by atoms with Crippen LogP contribution in [0.2, 0.25) is 0 Å². The topological polar surface area (TPSA) is 56.2 Å². The van der Waals surface area contributed by atoms with Crippen molar-refractivity contribution in [3.8, 4) is 0 Å². The van der Waals surface area contributed by atoms with Gasteiger partial charge in [-0.05, 0) is 15.9 Å². The van der Waals surface area contributed by atoms with Crippen molar-refractivity contribution in [2.75, 3.05) is 7.11 Å². The van der Waals surface area contributed by atoms with E-state index in [0.717, 1.165) is 0 Å². The van der Waals surface area contributed by atoms with Crippen LogP contribution in [0.5, 0.6) is 0 Å². The Morgan fingerprint density at radius 3 is 2.83 bits per heavy atom. The van der Waals surface area contributed by atoms with E-state index in [1.54, 1.807) is 0 Å². The van der Waals surface area contributed by atoms with Gasteiger partial charge in [0.2, 0.25) is 12.4 Å². The molecule has 0 saturated carbocycles. The fraction of sp³-hybridized carbons (Fsp3) is 0.167. The van der Waals surface area contributed by atoms with Crippen LogP contribution in [0, 0.1) is 10.1 Å².